The number of rotatable bonds is 1. The lowest BCUT2D eigenvalue weighted by Gasteiger charge is -2.30. The zero-order valence-electron chi connectivity index (χ0n) is 21.8. The Morgan fingerprint density at radius 2 is 1.76 bits per heavy atom. The van der Waals surface area contributed by atoms with Crippen LogP contribution in [0.3, 0.4) is 0 Å². The number of carbonyl (C=O) groups excluding carboxylic acids is 4. The van der Waals surface area contributed by atoms with E-state index < -0.39 is 41.3 Å². The monoisotopic (exact) mass is 513 g/mol. The van der Waals surface area contributed by atoms with Crippen molar-refractivity contribution in [1.29, 1.82) is 0 Å². The molecule has 0 saturated heterocycles. The van der Waals surface area contributed by atoms with Gasteiger partial charge in [-0.2, -0.15) is 0 Å². The van der Waals surface area contributed by atoms with Crippen LogP contribution < -0.4 is 26.0 Å². The molecule has 0 radical (unpaired) electrons. The number of hydrogen-bond donors (Lipinski definition) is 4. The van der Waals surface area contributed by atoms with Crippen molar-refractivity contribution in [1.82, 2.24) is 36.3 Å². The highest BCUT2D eigenvalue weighted by Crippen LogP contribution is 2.15. The first-order valence-electron chi connectivity index (χ1n) is 12.3. The first-order valence-corrected chi connectivity index (χ1v) is 12.3. The van der Waals surface area contributed by atoms with E-state index in [4.69, 9.17) is 4.74 Å². The number of ether oxygens (including phenoxy) is 1. The number of nitrogens with zero attached hydrogens (tertiary/aromatic N) is 3. The molecule has 2 aliphatic rings. The van der Waals surface area contributed by atoms with E-state index in [0.29, 0.717) is 36.6 Å². The summed E-state index contributed by atoms with van der Waals surface area (Å²) in [4.78, 5) is 51.4. The van der Waals surface area contributed by atoms with E-state index in [-0.39, 0.29) is 12.5 Å². The average molecular weight is 514 g/mol. The molecule has 0 spiro atoms. The van der Waals surface area contributed by atoms with Crippen LogP contribution in [0.1, 0.15) is 57.1 Å². The molecule has 2 aromatic rings. The third-order valence-electron chi connectivity index (χ3n) is 5.93. The Hall–Kier alpha value is -3.96. The lowest BCUT2D eigenvalue weighted by Crippen LogP contribution is -2.61. The maximum absolute atomic E-state index is 13.1. The smallest absolute Gasteiger partial charge is 0.252 e. The number of fused-ring (bicyclic) bond motifs is 16. The molecule has 1 aromatic carbocycles. The summed E-state index contributed by atoms with van der Waals surface area (Å²) < 4.78 is 7.41. The van der Waals surface area contributed by atoms with Gasteiger partial charge in [-0.3, -0.25) is 23.9 Å². The number of benzene rings is 1. The molecule has 2 atom stereocenters. The third kappa shape index (κ3) is 7.51. The van der Waals surface area contributed by atoms with Crippen LogP contribution >= 0.6 is 0 Å². The molecule has 12 heteroatoms. The second kappa shape index (κ2) is 11.8. The highest BCUT2D eigenvalue weighted by molar-refractivity contribution is 6.00. The Morgan fingerprint density at radius 1 is 1.05 bits per heavy atom. The third-order valence-corrected chi connectivity index (χ3v) is 5.93. The number of carbonyl (C=O) groups is 4. The quantitative estimate of drug-likeness (QED) is 0.405. The molecule has 200 valence electrons. The second-order valence-electron chi connectivity index (χ2n) is 9.92. The van der Waals surface area contributed by atoms with Gasteiger partial charge in [0, 0.05) is 18.5 Å². The number of amides is 4. The molecule has 4 amide bonds. The number of nitrogens with one attached hydrogen (secondary N) is 4. The molecule has 4 bridgehead atoms. The van der Waals surface area contributed by atoms with Gasteiger partial charge in [-0.25, -0.2) is 0 Å². The van der Waals surface area contributed by atoms with Crippen molar-refractivity contribution in [2.45, 2.75) is 71.8 Å². The standard InChI is InChI=1S/C25H35N7O5/c1-15(2)20-23(35)27-16(3)21(33)26-13-18-14-32(31-30-18)11-6-12-37-19-9-7-17(8-10-19)22(34)29-25(4,5)24(36)28-20/h7-10,14-16,20H,6,11-13H2,1-5H3,(H,26,33)(H,27,35)(H,28,36)(H,29,34)/t16-,20+/m1/s1. The summed E-state index contributed by atoms with van der Waals surface area (Å²) in [5.41, 5.74) is -0.372. The average Bonchev–Trinajstić information content (AvgIpc) is 3.30. The molecule has 4 N–H and O–H groups in total. The van der Waals surface area contributed by atoms with Crippen LogP contribution in [0.2, 0.25) is 0 Å². The minimum absolute atomic E-state index is 0.153. The molecule has 0 fully saturated rings. The Kier molecular flexibility index (Phi) is 8.85. The van der Waals surface area contributed by atoms with Crippen LogP contribution in [0.5, 0.6) is 5.75 Å². The summed E-state index contributed by atoms with van der Waals surface area (Å²) in [6, 6.07) is 4.84. The van der Waals surface area contributed by atoms with Crippen molar-refractivity contribution in [2.75, 3.05) is 6.61 Å². The molecule has 0 aliphatic carbocycles. The maximum atomic E-state index is 13.1. The van der Waals surface area contributed by atoms with Crippen LogP contribution in [-0.2, 0) is 27.5 Å². The van der Waals surface area contributed by atoms with Gasteiger partial charge in [-0.05, 0) is 51.0 Å². The van der Waals surface area contributed by atoms with Crippen LogP contribution in [-0.4, -0.2) is 62.9 Å². The zero-order chi connectivity index (χ0) is 27.2. The first-order chi connectivity index (χ1) is 17.5. The van der Waals surface area contributed by atoms with Crippen LogP contribution in [0.15, 0.2) is 30.5 Å². The molecule has 1 aromatic heterocycles. The Labute approximate surface area is 215 Å². The van der Waals surface area contributed by atoms with Gasteiger partial charge in [0.25, 0.3) is 5.91 Å². The predicted molar refractivity (Wildman–Crippen MR) is 134 cm³/mol. The number of aryl methyl sites for hydroxylation is 1. The van der Waals surface area contributed by atoms with Gasteiger partial charge in [0.05, 0.1) is 19.3 Å². The van der Waals surface area contributed by atoms with Crippen molar-refractivity contribution in [3.8, 4) is 5.75 Å². The van der Waals surface area contributed by atoms with E-state index in [2.05, 4.69) is 31.6 Å². The molecule has 2 aliphatic heterocycles. The van der Waals surface area contributed by atoms with E-state index in [1.807, 2.05) is 0 Å². The minimum Gasteiger partial charge on any atom is -0.494 e. The fourth-order valence-corrected chi connectivity index (χ4v) is 3.62. The Balaban J connectivity index is 1.81. The second-order valence-corrected chi connectivity index (χ2v) is 9.92. The normalized spacial score (nSPS) is 21.9. The zero-order valence-corrected chi connectivity index (χ0v) is 21.8. The van der Waals surface area contributed by atoms with Crippen molar-refractivity contribution in [3.63, 3.8) is 0 Å². The van der Waals surface area contributed by atoms with Gasteiger partial charge in [-0.1, -0.05) is 19.1 Å². The molecule has 0 unspecified atom stereocenters. The SMILES string of the molecule is CC(C)[C@@H]1NC(=O)C(C)(C)NC(=O)c2ccc(cc2)OCCCn2cc(nn2)CNC(=O)[C@@H](C)NC1=O. The predicted octanol–water partition coefficient (Wildman–Crippen LogP) is 0.531. The molecular formula is C25H35N7O5. The Morgan fingerprint density at radius 3 is 2.43 bits per heavy atom. The van der Waals surface area contributed by atoms with E-state index in [1.165, 1.54) is 0 Å². The Bertz CT molecular complexity index is 1130. The van der Waals surface area contributed by atoms with Crippen molar-refractivity contribution >= 4 is 23.6 Å². The van der Waals surface area contributed by atoms with Gasteiger partial charge in [-0.15, -0.1) is 5.10 Å². The summed E-state index contributed by atoms with van der Waals surface area (Å²) in [5.74, 6) is -1.55. The van der Waals surface area contributed by atoms with E-state index in [9.17, 15) is 19.2 Å². The fraction of sp³-hybridized carbons (Fsp3) is 0.520. The largest absolute Gasteiger partial charge is 0.494 e. The van der Waals surface area contributed by atoms with Gasteiger partial charge < -0.3 is 26.0 Å². The van der Waals surface area contributed by atoms with Crippen LogP contribution in [0.25, 0.3) is 0 Å². The van der Waals surface area contributed by atoms with Gasteiger partial charge >= 0.3 is 0 Å². The minimum atomic E-state index is -1.31. The summed E-state index contributed by atoms with van der Waals surface area (Å²) >= 11 is 0. The van der Waals surface area contributed by atoms with Gasteiger partial charge in [0.15, 0.2) is 0 Å². The number of hydrogen-bond acceptors (Lipinski definition) is 7. The summed E-state index contributed by atoms with van der Waals surface area (Å²) in [7, 11) is 0. The first kappa shape index (κ1) is 27.6. The molecule has 37 heavy (non-hydrogen) atoms. The van der Waals surface area contributed by atoms with E-state index in [0.717, 1.165) is 0 Å². The molecule has 0 saturated carbocycles. The van der Waals surface area contributed by atoms with Crippen molar-refractivity contribution < 1.29 is 23.9 Å². The highest BCUT2D eigenvalue weighted by Gasteiger charge is 2.35. The van der Waals surface area contributed by atoms with Gasteiger partial charge in [0.1, 0.15) is 29.1 Å². The van der Waals surface area contributed by atoms with Gasteiger partial charge in [0.2, 0.25) is 17.7 Å². The van der Waals surface area contributed by atoms with Crippen molar-refractivity contribution in [3.05, 3.63) is 41.7 Å². The van der Waals surface area contributed by atoms with Crippen LogP contribution in [0.4, 0.5) is 0 Å². The maximum Gasteiger partial charge on any atom is 0.252 e. The summed E-state index contributed by atoms with van der Waals surface area (Å²) in [6.45, 7) is 9.38. The van der Waals surface area contributed by atoms with Crippen molar-refractivity contribution in [2.24, 2.45) is 5.92 Å². The van der Waals surface area contributed by atoms with Crippen LogP contribution in [0, 0.1) is 5.92 Å². The number of aromatic nitrogens is 3. The lowest BCUT2D eigenvalue weighted by atomic mass is 9.98. The molecule has 12 nitrogen and oxygen atoms in total. The molecular weight excluding hydrogens is 478 g/mol. The lowest BCUT2D eigenvalue weighted by molar-refractivity contribution is -0.134. The highest BCUT2D eigenvalue weighted by atomic mass is 16.5. The summed E-state index contributed by atoms with van der Waals surface area (Å²) in [6.07, 6.45) is 2.40. The molecule has 4 rings (SSSR count). The fourth-order valence-electron chi connectivity index (χ4n) is 3.62. The summed E-state index contributed by atoms with van der Waals surface area (Å²) in [5, 5.41) is 18.9. The molecule has 3 heterocycles. The topological polar surface area (TPSA) is 156 Å². The van der Waals surface area contributed by atoms with E-state index >= 15 is 0 Å². The van der Waals surface area contributed by atoms with E-state index in [1.54, 1.807) is 69.8 Å².